The molecule has 21 heavy (non-hydrogen) atoms. The van der Waals surface area contributed by atoms with E-state index in [2.05, 4.69) is 26.1 Å². The second-order valence-electron chi connectivity index (χ2n) is 6.17. The highest BCUT2D eigenvalue weighted by molar-refractivity contribution is 5.84. The number of nitrogens with one attached hydrogen (secondary N) is 1. The van der Waals surface area contributed by atoms with Crippen LogP contribution in [0.3, 0.4) is 0 Å². The van der Waals surface area contributed by atoms with Gasteiger partial charge in [0.15, 0.2) is 6.61 Å². The van der Waals surface area contributed by atoms with E-state index in [0.717, 1.165) is 11.1 Å². The van der Waals surface area contributed by atoms with Crippen molar-refractivity contribution in [2.24, 2.45) is 0 Å². The van der Waals surface area contributed by atoms with Crippen LogP contribution >= 0.6 is 0 Å². The van der Waals surface area contributed by atoms with Gasteiger partial charge in [0.05, 0.1) is 0 Å². The molecule has 0 unspecified atom stereocenters. The molecule has 5 heteroatoms. The van der Waals surface area contributed by atoms with E-state index in [0.29, 0.717) is 5.75 Å². The molecule has 1 aromatic carbocycles. The van der Waals surface area contributed by atoms with Gasteiger partial charge in [0.1, 0.15) is 11.8 Å². The van der Waals surface area contributed by atoms with Crippen LogP contribution < -0.4 is 10.1 Å². The predicted octanol–water partition coefficient (Wildman–Crippen LogP) is 2.26. The van der Waals surface area contributed by atoms with Crippen molar-refractivity contribution in [3.8, 4) is 5.75 Å². The average Bonchev–Trinajstić information content (AvgIpc) is 2.35. The summed E-state index contributed by atoms with van der Waals surface area (Å²) in [4.78, 5) is 22.3. The molecule has 0 saturated heterocycles. The Morgan fingerprint density at radius 3 is 2.48 bits per heavy atom. The van der Waals surface area contributed by atoms with Crippen molar-refractivity contribution < 1.29 is 19.4 Å². The number of carbonyl (C=O) groups excluding carboxylic acids is 1. The van der Waals surface area contributed by atoms with Crippen LogP contribution in [0.2, 0.25) is 0 Å². The van der Waals surface area contributed by atoms with Gasteiger partial charge in [0, 0.05) is 0 Å². The summed E-state index contributed by atoms with van der Waals surface area (Å²) in [5.41, 5.74) is 2.03. The van der Waals surface area contributed by atoms with Crippen molar-refractivity contribution in [3.05, 3.63) is 29.3 Å². The molecule has 0 aliphatic rings. The summed E-state index contributed by atoms with van der Waals surface area (Å²) in [6, 6.07) is 4.86. The summed E-state index contributed by atoms with van der Waals surface area (Å²) in [7, 11) is 0. The summed E-state index contributed by atoms with van der Waals surface area (Å²) < 4.78 is 5.56. The molecule has 1 aromatic rings. The molecule has 0 aromatic heterocycles. The van der Waals surface area contributed by atoms with Crippen LogP contribution in [0.25, 0.3) is 0 Å². The lowest BCUT2D eigenvalue weighted by atomic mass is 9.85. The van der Waals surface area contributed by atoms with E-state index < -0.39 is 17.9 Å². The van der Waals surface area contributed by atoms with Crippen LogP contribution in [0.5, 0.6) is 5.75 Å². The van der Waals surface area contributed by atoms with Crippen molar-refractivity contribution in [2.75, 3.05) is 6.61 Å². The molecule has 0 bridgehead atoms. The van der Waals surface area contributed by atoms with Gasteiger partial charge in [-0.3, -0.25) is 9.59 Å². The fraction of sp³-hybridized carbons (Fsp3) is 0.500. The molecule has 0 radical (unpaired) electrons. The highest BCUT2D eigenvalue weighted by Gasteiger charge is 2.20. The molecule has 5 nitrogen and oxygen atoms in total. The number of hydrogen-bond acceptors (Lipinski definition) is 3. The first kappa shape index (κ1) is 17.0. The minimum absolute atomic E-state index is 0.105. The molecular formula is C16H23NO4. The van der Waals surface area contributed by atoms with Crippen LogP contribution in [-0.2, 0) is 15.0 Å². The van der Waals surface area contributed by atoms with Gasteiger partial charge < -0.3 is 15.2 Å². The van der Waals surface area contributed by atoms with Crippen LogP contribution in [0, 0.1) is 6.92 Å². The van der Waals surface area contributed by atoms with Gasteiger partial charge in [-0.2, -0.15) is 0 Å². The normalized spacial score (nSPS) is 12.6. The Bertz CT molecular complexity index is 532. The standard InChI is InChI=1S/C16H23NO4/c1-10-6-7-13(12(8-10)16(3,4)5)21-9-14(18)17-11(2)15(19)20/h6-8,11H,9H2,1-5H3,(H,17,18)(H,19,20)/t11-/m0/s1. The van der Waals surface area contributed by atoms with Gasteiger partial charge in [-0.1, -0.05) is 38.5 Å². The fourth-order valence-corrected chi connectivity index (χ4v) is 1.84. The van der Waals surface area contributed by atoms with Gasteiger partial charge in [-0.05, 0) is 30.9 Å². The molecule has 0 fully saturated rings. The second kappa shape index (κ2) is 6.61. The van der Waals surface area contributed by atoms with Gasteiger partial charge in [0.2, 0.25) is 0 Å². The van der Waals surface area contributed by atoms with Crippen molar-refractivity contribution in [2.45, 2.75) is 46.1 Å². The topological polar surface area (TPSA) is 75.6 Å². The summed E-state index contributed by atoms with van der Waals surface area (Å²) >= 11 is 0. The minimum atomic E-state index is -1.07. The maximum absolute atomic E-state index is 11.7. The third kappa shape index (κ3) is 5.10. The monoisotopic (exact) mass is 293 g/mol. The van der Waals surface area contributed by atoms with Crippen LogP contribution in [0.15, 0.2) is 18.2 Å². The molecule has 0 spiro atoms. The van der Waals surface area contributed by atoms with Crippen molar-refractivity contribution in [1.29, 1.82) is 0 Å². The molecule has 116 valence electrons. The maximum atomic E-state index is 11.7. The Labute approximate surface area is 125 Å². The maximum Gasteiger partial charge on any atom is 0.325 e. The number of ether oxygens (including phenoxy) is 1. The smallest absolute Gasteiger partial charge is 0.325 e. The molecule has 0 heterocycles. The lowest BCUT2D eigenvalue weighted by molar-refractivity contribution is -0.141. The van der Waals surface area contributed by atoms with E-state index in [1.165, 1.54) is 6.92 Å². The number of carbonyl (C=O) groups is 2. The van der Waals surface area contributed by atoms with Gasteiger partial charge in [-0.25, -0.2) is 0 Å². The lowest BCUT2D eigenvalue weighted by Gasteiger charge is -2.23. The Balaban J connectivity index is 2.76. The zero-order valence-corrected chi connectivity index (χ0v) is 13.2. The third-order valence-corrected chi connectivity index (χ3v) is 3.05. The van der Waals surface area contributed by atoms with Gasteiger partial charge in [-0.15, -0.1) is 0 Å². The molecule has 0 aliphatic heterocycles. The van der Waals surface area contributed by atoms with E-state index in [4.69, 9.17) is 9.84 Å². The number of carboxylic acid groups (broad SMARTS) is 1. The number of amides is 1. The molecule has 1 rings (SSSR count). The second-order valence-corrected chi connectivity index (χ2v) is 6.17. The molecular weight excluding hydrogens is 270 g/mol. The average molecular weight is 293 g/mol. The fourth-order valence-electron chi connectivity index (χ4n) is 1.84. The Hall–Kier alpha value is -2.04. The lowest BCUT2D eigenvalue weighted by Crippen LogP contribution is -2.40. The summed E-state index contributed by atoms with van der Waals surface area (Å²) in [5, 5.41) is 11.1. The van der Waals surface area contributed by atoms with E-state index in [-0.39, 0.29) is 12.0 Å². The zero-order chi connectivity index (χ0) is 16.2. The molecule has 0 aliphatic carbocycles. The zero-order valence-electron chi connectivity index (χ0n) is 13.2. The number of rotatable bonds is 5. The molecule has 1 atom stereocenters. The number of carboxylic acids is 1. The van der Waals surface area contributed by atoms with E-state index >= 15 is 0 Å². The Kier molecular flexibility index (Phi) is 5.35. The third-order valence-electron chi connectivity index (χ3n) is 3.05. The largest absolute Gasteiger partial charge is 0.483 e. The highest BCUT2D eigenvalue weighted by atomic mass is 16.5. The SMILES string of the molecule is Cc1ccc(OCC(=O)N[C@@H](C)C(=O)O)c(C(C)(C)C)c1. The first-order valence-electron chi connectivity index (χ1n) is 6.87. The quantitative estimate of drug-likeness (QED) is 0.873. The van der Waals surface area contributed by atoms with E-state index in [1.54, 1.807) is 0 Å². The van der Waals surface area contributed by atoms with Crippen LogP contribution in [-0.4, -0.2) is 29.6 Å². The highest BCUT2D eigenvalue weighted by Crippen LogP contribution is 2.32. The summed E-state index contributed by atoms with van der Waals surface area (Å²) in [6.45, 7) is 9.42. The number of aryl methyl sites for hydroxylation is 1. The summed E-state index contributed by atoms with van der Waals surface area (Å²) in [5.74, 6) is -0.884. The predicted molar refractivity (Wildman–Crippen MR) is 80.6 cm³/mol. The first-order valence-corrected chi connectivity index (χ1v) is 6.87. The number of aliphatic carboxylic acids is 1. The minimum Gasteiger partial charge on any atom is -0.483 e. The molecule has 0 saturated carbocycles. The number of benzene rings is 1. The van der Waals surface area contributed by atoms with Crippen LogP contribution in [0.4, 0.5) is 0 Å². The van der Waals surface area contributed by atoms with Crippen LogP contribution in [0.1, 0.15) is 38.8 Å². The molecule has 2 N–H and O–H groups in total. The molecule has 1 amide bonds. The van der Waals surface area contributed by atoms with E-state index in [9.17, 15) is 9.59 Å². The van der Waals surface area contributed by atoms with E-state index in [1.807, 2.05) is 25.1 Å². The Morgan fingerprint density at radius 2 is 1.95 bits per heavy atom. The van der Waals surface area contributed by atoms with Crippen molar-refractivity contribution in [1.82, 2.24) is 5.32 Å². The summed E-state index contributed by atoms with van der Waals surface area (Å²) in [6.07, 6.45) is 0. The number of hydrogen-bond donors (Lipinski definition) is 2. The van der Waals surface area contributed by atoms with Crippen molar-refractivity contribution in [3.63, 3.8) is 0 Å². The van der Waals surface area contributed by atoms with Gasteiger partial charge >= 0.3 is 5.97 Å². The van der Waals surface area contributed by atoms with Crippen molar-refractivity contribution >= 4 is 11.9 Å². The first-order chi connectivity index (χ1) is 9.61. The van der Waals surface area contributed by atoms with Gasteiger partial charge in [0.25, 0.3) is 5.91 Å². The Morgan fingerprint density at radius 1 is 1.33 bits per heavy atom.